The highest BCUT2D eigenvalue weighted by molar-refractivity contribution is 6.31. The average molecular weight is 367 g/mol. The van der Waals surface area contributed by atoms with Crippen LogP contribution in [-0.4, -0.2) is 44.2 Å². The number of nitrogens with zero attached hydrogens (tertiary/aromatic N) is 1. The number of nitrogens with one attached hydrogen (secondary N) is 3. The summed E-state index contributed by atoms with van der Waals surface area (Å²) in [4.78, 5) is 16.3. The lowest BCUT2D eigenvalue weighted by molar-refractivity contribution is -0.116. The quantitative estimate of drug-likeness (QED) is 0.534. The Bertz CT molecular complexity index is 628. The van der Waals surface area contributed by atoms with E-state index in [1.54, 1.807) is 13.1 Å². The van der Waals surface area contributed by atoms with Crippen LogP contribution in [0.3, 0.4) is 0 Å². The van der Waals surface area contributed by atoms with Gasteiger partial charge in [0.1, 0.15) is 0 Å². The molecule has 25 heavy (non-hydrogen) atoms. The van der Waals surface area contributed by atoms with Crippen molar-refractivity contribution in [3.05, 3.63) is 28.8 Å². The van der Waals surface area contributed by atoms with E-state index >= 15 is 0 Å². The van der Waals surface area contributed by atoms with Crippen LogP contribution in [0.25, 0.3) is 0 Å². The number of halogens is 1. The second-order valence-corrected chi connectivity index (χ2v) is 6.87. The predicted molar refractivity (Wildman–Crippen MR) is 102 cm³/mol. The third-order valence-corrected chi connectivity index (χ3v) is 4.75. The molecule has 1 amide bonds. The van der Waals surface area contributed by atoms with Crippen LogP contribution in [-0.2, 0) is 9.53 Å². The van der Waals surface area contributed by atoms with Crippen molar-refractivity contribution < 1.29 is 9.53 Å². The van der Waals surface area contributed by atoms with Gasteiger partial charge in [-0.1, -0.05) is 17.7 Å². The average Bonchev–Trinajstić information content (AvgIpc) is 3.02. The number of carbonyl (C=O) groups is 1. The van der Waals surface area contributed by atoms with Crippen LogP contribution in [0.15, 0.2) is 23.2 Å². The van der Waals surface area contributed by atoms with Crippen LogP contribution in [0, 0.1) is 6.92 Å². The molecule has 0 aliphatic carbocycles. The highest BCUT2D eigenvalue weighted by atomic mass is 35.5. The Labute approximate surface area is 154 Å². The lowest BCUT2D eigenvalue weighted by Crippen LogP contribution is -2.46. The summed E-state index contributed by atoms with van der Waals surface area (Å²) in [6, 6.07) is 5.47. The zero-order valence-electron chi connectivity index (χ0n) is 15.1. The van der Waals surface area contributed by atoms with Gasteiger partial charge in [-0.25, -0.2) is 0 Å². The molecule has 1 aromatic carbocycles. The van der Waals surface area contributed by atoms with Crippen molar-refractivity contribution >= 4 is 29.2 Å². The minimum atomic E-state index is -0.140. The van der Waals surface area contributed by atoms with Gasteiger partial charge in [0.15, 0.2) is 5.96 Å². The summed E-state index contributed by atoms with van der Waals surface area (Å²) in [5.41, 5.74) is 1.47. The van der Waals surface area contributed by atoms with Crippen LogP contribution in [0.4, 0.5) is 5.69 Å². The number of aliphatic imine (C=N–C) groups is 1. The second kappa shape index (κ2) is 9.06. The maximum absolute atomic E-state index is 12.1. The third kappa shape index (κ3) is 5.90. The number of rotatable bonds is 6. The monoisotopic (exact) mass is 366 g/mol. The summed E-state index contributed by atoms with van der Waals surface area (Å²) in [5.74, 6) is 0.600. The van der Waals surface area contributed by atoms with Gasteiger partial charge in [-0.2, -0.15) is 0 Å². The molecule has 6 nitrogen and oxygen atoms in total. The van der Waals surface area contributed by atoms with Crippen LogP contribution >= 0.6 is 11.6 Å². The number of amides is 1. The second-order valence-electron chi connectivity index (χ2n) is 6.47. The van der Waals surface area contributed by atoms with Gasteiger partial charge in [0.05, 0.1) is 5.60 Å². The lowest BCUT2D eigenvalue weighted by Gasteiger charge is -2.24. The van der Waals surface area contributed by atoms with Gasteiger partial charge in [-0.3, -0.25) is 9.79 Å². The van der Waals surface area contributed by atoms with Crippen molar-refractivity contribution in [2.24, 2.45) is 4.99 Å². The minimum Gasteiger partial charge on any atom is -0.373 e. The summed E-state index contributed by atoms with van der Waals surface area (Å²) in [5, 5.41) is 9.93. The first kappa shape index (κ1) is 19.5. The minimum absolute atomic E-state index is 0.0700. The van der Waals surface area contributed by atoms with E-state index in [1.165, 1.54) is 0 Å². The van der Waals surface area contributed by atoms with Crippen molar-refractivity contribution in [1.82, 2.24) is 10.6 Å². The SMILES string of the molecule is CN=C(NCCC(=O)Nc1cccc(Cl)c1C)NCC1(C)CCCO1. The predicted octanol–water partition coefficient (Wildman–Crippen LogP) is 2.71. The first-order valence-corrected chi connectivity index (χ1v) is 8.95. The highest BCUT2D eigenvalue weighted by Crippen LogP contribution is 2.24. The van der Waals surface area contributed by atoms with Crippen molar-refractivity contribution in [3.63, 3.8) is 0 Å². The molecule has 1 atom stereocenters. The standard InChI is InChI=1S/C18H27ClN4O2/c1-13-14(19)6-4-7-15(13)23-16(24)8-10-21-17(20-3)22-12-18(2)9-5-11-25-18/h4,6-7H,5,8-12H2,1-3H3,(H,23,24)(H2,20,21,22). The molecule has 1 saturated heterocycles. The van der Waals surface area contributed by atoms with Crippen LogP contribution in [0.5, 0.6) is 0 Å². The molecule has 0 radical (unpaired) electrons. The molecule has 1 heterocycles. The van der Waals surface area contributed by atoms with E-state index in [1.807, 2.05) is 19.1 Å². The largest absolute Gasteiger partial charge is 0.373 e. The molecule has 1 aliphatic heterocycles. The number of hydrogen-bond donors (Lipinski definition) is 3. The van der Waals surface area contributed by atoms with Gasteiger partial charge >= 0.3 is 0 Å². The molecule has 1 aromatic rings. The third-order valence-electron chi connectivity index (χ3n) is 4.34. The van der Waals surface area contributed by atoms with Crippen LogP contribution < -0.4 is 16.0 Å². The Kier molecular flexibility index (Phi) is 7.08. The smallest absolute Gasteiger partial charge is 0.226 e. The molecule has 0 saturated carbocycles. The fourth-order valence-corrected chi connectivity index (χ4v) is 2.89. The first-order valence-electron chi connectivity index (χ1n) is 8.57. The van der Waals surface area contributed by atoms with E-state index in [2.05, 4.69) is 27.9 Å². The number of carbonyl (C=O) groups excluding carboxylic acids is 1. The number of benzene rings is 1. The van der Waals surface area contributed by atoms with Gasteiger partial charge in [-0.15, -0.1) is 0 Å². The Balaban J connectivity index is 1.73. The Morgan fingerprint density at radius 3 is 2.88 bits per heavy atom. The molecule has 1 fully saturated rings. The molecule has 7 heteroatoms. The summed E-state index contributed by atoms with van der Waals surface area (Å²) in [6.45, 7) is 5.98. The molecule has 1 aliphatic rings. The van der Waals surface area contributed by atoms with E-state index in [4.69, 9.17) is 16.3 Å². The molecule has 1 unspecified atom stereocenters. The van der Waals surface area contributed by atoms with Gasteiger partial charge in [0, 0.05) is 43.9 Å². The highest BCUT2D eigenvalue weighted by Gasteiger charge is 2.29. The maximum atomic E-state index is 12.1. The number of hydrogen-bond acceptors (Lipinski definition) is 3. The Morgan fingerprint density at radius 1 is 1.40 bits per heavy atom. The van der Waals surface area contributed by atoms with Crippen LogP contribution in [0.2, 0.25) is 5.02 Å². The molecular weight excluding hydrogens is 340 g/mol. The summed E-state index contributed by atoms with van der Waals surface area (Å²) < 4.78 is 5.75. The van der Waals surface area contributed by atoms with Crippen LogP contribution in [0.1, 0.15) is 31.7 Å². The van der Waals surface area contributed by atoms with Crippen molar-refractivity contribution in [2.75, 3.05) is 32.1 Å². The molecule has 0 bridgehead atoms. The zero-order chi connectivity index (χ0) is 18.3. The van der Waals surface area contributed by atoms with E-state index in [9.17, 15) is 4.79 Å². The lowest BCUT2D eigenvalue weighted by atomic mass is 10.0. The first-order chi connectivity index (χ1) is 11.9. The van der Waals surface area contributed by atoms with Gasteiger partial charge in [0.2, 0.25) is 5.91 Å². The molecular formula is C18H27ClN4O2. The normalized spacial score (nSPS) is 20.4. The van der Waals surface area contributed by atoms with Gasteiger partial charge in [0.25, 0.3) is 0 Å². The van der Waals surface area contributed by atoms with Crippen molar-refractivity contribution in [3.8, 4) is 0 Å². The molecule has 138 valence electrons. The van der Waals surface area contributed by atoms with E-state index < -0.39 is 0 Å². The fraction of sp³-hybridized carbons (Fsp3) is 0.556. The van der Waals surface area contributed by atoms with Crippen molar-refractivity contribution in [2.45, 2.75) is 38.7 Å². The van der Waals surface area contributed by atoms with Gasteiger partial charge < -0.3 is 20.7 Å². The summed E-state index contributed by atoms with van der Waals surface area (Å²) in [6.07, 6.45) is 2.46. The Morgan fingerprint density at radius 2 is 2.20 bits per heavy atom. The van der Waals surface area contributed by atoms with E-state index in [0.29, 0.717) is 30.5 Å². The molecule has 0 spiro atoms. The summed E-state index contributed by atoms with van der Waals surface area (Å²) in [7, 11) is 1.71. The molecule has 2 rings (SSSR count). The number of guanidine groups is 1. The molecule has 0 aromatic heterocycles. The zero-order valence-corrected chi connectivity index (χ0v) is 15.9. The van der Waals surface area contributed by atoms with Gasteiger partial charge in [-0.05, 0) is 44.4 Å². The maximum Gasteiger partial charge on any atom is 0.226 e. The van der Waals surface area contributed by atoms with E-state index in [0.717, 1.165) is 30.7 Å². The van der Waals surface area contributed by atoms with E-state index in [-0.39, 0.29) is 11.5 Å². The summed E-state index contributed by atoms with van der Waals surface area (Å²) >= 11 is 6.06. The van der Waals surface area contributed by atoms with Crippen molar-refractivity contribution in [1.29, 1.82) is 0 Å². The number of anilines is 1. The fourth-order valence-electron chi connectivity index (χ4n) is 2.72. The number of ether oxygens (including phenoxy) is 1. The Hall–Kier alpha value is -1.79. The topological polar surface area (TPSA) is 74.8 Å². The molecule has 3 N–H and O–H groups in total.